The van der Waals surface area contributed by atoms with Gasteiger partial charge in [-0.05, 0) is 20.0 Å². The number of carbonyl (C=O) groups excluding carboxylic acids is 1. The Morgan fingerprint density at radius 2 is 2.05 bits per heavy atom. The number of nitrogens with zero attached hydrogens (tertiary/aromatic N) is 3. The van der Waals surface area contributed by atoms with Gasteiger partial charge in [0.1, 0.15) is 5.69 Å². The molecule has 1 aromatic rings. The van der Waals surface area contributed by atoms with Gasteiger partial charge in [-0.2, -0.15) is 0 Å². The molecule has 0 fully saturated rings. The van der Waals surface area contributed by atoms with Crippen LogP contribution >= 0.6 is 0 Å². The van der Waals surface area contributed by atoms with Gasteiger partial charge < -0.3 is 15.6 Å². The summed E-state index contributed by atoms with van der Waals surface area (Å²) in [5.74, 6) is 5.38. The van der Waals surface area contributed by atoms with Crippen LogP contribution in [0, 0.1) is 0 Å². The van der Waals surface area contributed by atoms with Crippen molar-refractivity contribution < 1.29 is 4.79 Å². The molecular formula is C12H22N6O. The quantitative estimate of drug-likeness (QED) is 0.483. The first kappa shape index (κ1) is 15.3. The summed E-state index contributed by atoms with van der Waals surface area (Å²) in [4.78, 5) is 22.1. The molecule has 1 unspecified atom stereocenters. The Labute approximate surface area is 113 Å². The number of hydrazine groups is 1. The molecule has 0 aliphatic carbocycles. The molecule has 0 aromatic carbocycles. The molecular weight excluding hydrogens is 244 g/mol. The van der Waals surface area contributed by atoms with Gasteiger partial charge in [-0.3, -0.25) is 4.79 Å². The van der Waals surface area contributed by atoms with E-state index in [2.05, 4.69) is 39.5 Å². The van der Waals surface area contributed by atoms with Crippen molar-refractivity contribution in [1.29, 1.82) is 0 Å². The van der Waals surface area contributed by atoms with Crippen LogP contribution in [0.15, 0.2) is 12.4 Å². The summed E-state index contributed by atoms with van der Waals surface area (Å²) in [6.45, 7) is 8.92. The lowest BCUT2D eigenvalue weighted by molar-refractivity contribution is 0.0925. The monoisotopic (exact) mass is 266 g/mol. The van der Waals surface area contributed by atoms with E-state index in [4.69, 9.17) is 5.84 Å². The van der Waals surface area contributed by atoms with Gasteiger partial charge >= 0.3 is 0 Å². The first-order valence-corrected chi connectivity index (χ1v) is 6.42. The predicted molar refractivity (Wildman–Crippen MR) is 74.6 cm³/mol. The third kappa shape index (κ3) is 4.80. The summed E-state index contributed by atoms with van der Waals surface area (Å²) in [5, 5.41) is 2.90. The minimum absolute atomic E-state index is 0.0570. The van der Waals surface area contributed by atoms with E-state index < -0.39 is 0 Å². The predicted octanol–water partition coefficient (Wildman–Crippen LogP) is 0.222. The highest BCUT2D eigenvalue weighted by Gasteiger charge is 2.13. The average Bonchev–Trinajstić information content (AvgIpc) is 2.44. The molecule has 4 N–H and O–H groups in total. The van der Waals surface area contributed by atoms with Crippen LogP contribution in [0.25, 0.3) is 0 Å². The molecule has 1 heterocycles. The highest BCUT2D eigenvalue weighted by Crippen LogP contribution is 2.00. The number of rotatable bonds is 7. The van der Waals surface area contributed by atoms with Crippen molar-refractivity contribution in [2.45, 2.75) is 26.8 Å². The van der Waals surface area contributed by atoms with Crippen molar-refractivity contribution in [3.05, 3.63) is 18.1 Å². The molecule has 1 atom stereocenters. The molecule has 0 aliphatic rings. The highest BCUT2D eigenvalue weighted by molar-refractivity contribution is 5.92. The van der Waals surface area contributed by atoms with Crippen molar-refractivity contribution in [2.75, 3.05) is 25.1 Å². The number of aromatic nitrogens is 2. The van der Waals surface area contributed by atoms with E-state index in [1.165, 1.54) is 12.4 Å². The molecule has 106 valence electrons. The molecule has 1 rings (SSSR count). The lowest BCUT2D eigenvalue weighted by Gasteiger charge is -2.23. The standard InChI is InChI=1S/C12H22N6O/c1-4-18(5-2)8-9(3)16-12(19)10-6-15-11(17-13)7-14-10/h6-7,9H,4-5,8,13H2,1-3H3,(H,15,17)(H,16,19). The Balaban J connectivity index is 2.53. The van der Waals surface area contributed by atoms with Crippen molar-refractivity contribution in [3.63, 3.8) is 0 Å². The minimum Gasteiger partial charge on any atom is -0.347 e. The number of hydrogen-bond acceptors (Lipinski definition) is 6. The van der Waals surface area contributed by atoms with Crippen molar-refractivity contribution in [1.82, 2.24) is 20.2 Å². The lowest BCUT2D eigenvalue weighted by Crippen LogP contribution is -2.42. The fraction of sp³-hybridized carbons (Fsp3) is 0.583. The number of anilines is 1. The van der Waals surface area contributed by atoms with E-state index in [0.29, 0.717) is 5.82 Å². The number of amides is 1. The Hall–Kier alpha value is -1.73. The fourth-order valence-electron chi connectivity index (χ4n) is 1.73. The fourth-order valence-corrected chi connectivity index (χ4v) is 1.73. The Kier molecular flexibility index (Phi) is 6.17. The number of nitrogen functional groups attached to an aromatic ring is 1. The van der Waals surface area contributed by atoms with E-state index in [1.807, 2.05) is 6.92 Å². The van der Waals surface area contributed by atoms with Crippen LogP contribution in [-0.4, -0.2) is 46.5 Å². The van der Waals surface area contributed by atoms with Gasteiger partial charge in [0.15, 0.2) is 5.82 Å². The molecule has 0 spiro atoms. The molecule has 1 amide bonds. The maximum absolute atomic E-state index is 11.9. The van der Waals surface area contributed by atoms with Crippen LogP contribution in [0.1, 0.15) is 31.3 Å². The second-order valence-electron chi connectivity index (χ2n) is 4.29. The summed E-state index contributed by atoms with van der Waals surface area (Å²) < 4.78 is 0. The molecule has 1 aromatic heterocycles. The highest BCUT2D eigenvalue weighted by atomic mass is 16.1. The summed E-state index contributed by atoms with van der Waals surface area (Å²) in [5.41, 5.74) is 2.65. The topological polar surface area (TPSA) is 96.2 Å². The third-order valence-corrected chi connectivity index (χ3v) is 2.84. The molecule has 19 heavy (non-hydrogen) atoms. The van der Waals surface area contributed by atoms with E-state index in [0.717, 1.165) is 19.6 Å². The van der Waals surface area contributed by atoms with E-state index in [-0.39, 0.29) is 17.6 Å². The maximum atomic E-state index is 11.9. The smallest absolute Gasteiger partial charge is 0.271 e. The second kappa shape index (κ2) is 7.65. The van der Waals surface area contributed by atoms with Crippen LogP contribution in [0.2, 0.25) is 0 Å². The second-order valence-corrected chi connectivity index (χ2v) is 4.29. The van der Waals surface area contributed by atoms with Crippen molar-refractivity contribution in [2.24, 2.45) is 5.84 Å². The van der Waals surface area contributed by atoms with Gasteiger partial charge in [0.05, 0.1) is 12.4 Å². The summed E-state index contributed by atoms with van der Waals surface area (Å²) in [7, 11) is 0. The normalized spacial score (nSPS) is 12.3. The van der Waals surface area contributed by atoms with Gasteiger partial charge in [-0.25, -0.2) is 15.8 Å². The number of likely N-dealkylation sites (N-methyl/N-ethyl adjacent to an activating group) is 1. The Bertz CT molecular complexity index is 390. The lowest BCUT2D eigenvalue weighted by atomic mass is 10.3. The maximum Gasteiger partial charge on any atom is 0.271 e. The zero-order valence-electron chi connectivity index (χ0n) is 11.7. The zero-order valence-corrected chi connectivity index (χ0v) is 11.7. The van der Waals surface area contributed by atoms with E-state index >= 15 is 0 Å². The van der Waals surface area contributed by atoms with Gasteiger partial charge in [-0.15, -0.1) is 0 Å². The first-order chi connectivity index (χ1) is 9.10. The molecule has 7 heteroatoms. The Morgan fingerprint density at radius 1 is 1.37 bits per heavy atom. The van der Waals surface area contributed by atoms with Crippen LogP contribution in [-0.2, 0) is 0 Å². The molecule has 0 saturated carbocycles. The summed E-state index contributed by atoms with van der Waals surface area (Å²) >= 11 is 0. The molecule has 7 nitrogen and oxygen atoms in total. The number of hydrogen-bond donors (Lipinski definition) is 3. The molecule has 0 aliphatic heterocycles. The Morgan fingerprint density at radius 3 is 2.53 bits per heavy atom. The first-order valence-electron chi connectivity index (χ1n) is 6.42. The third-order valence-electron chi connectivity index (χ3n) is 2.84. The van der Waals surface area contributed by atoms with Gasteiger partial charge in [0.25, 0.3) is 5.91 Å². The number of nitrogens with two attached hydrogens (primary N) is 1. The van der Waals surface area contributed by atoms with Crippen LogP contribution < -0.4 is 16.6 Å². The van der Waals surface area contributed by atoms with Crippen LogP contribution in [0.3, 0.4) is 0 Å². The summed E-state index contributed by atoms with van der Waals surface area (Å²) in [6, 6.07) is 0.0570. The number of nitrogens with one attached hydrogen (secondary N) is 2. The summed E-state index contributed by atoms with van der Waals surface area (Å²) in [6.07, 6.45) is 2.82. The van der Waals surface area contributed by atoms with Crippen LogP contribution in [0.4, 0.5) is 5.82 Å². The average molecular weight is 266 g/mol. The number of carbonyl (C=O) groups is 1. The minimum atomic E-state index is -0.226. The molecule has 0 radical (unpaired) electrons. The van der Waals surface area contributed by atoms with Gasteiger partial charge in [0.2, 0.25) is 0 Å². The van der Waals surface area contributed by atoms with Gasteiger partial charge in [0, 0.05) is 12.6 Å². The van der Waals surface area contributed by atoms with Crippen molar-refractivity contribution in [3.8, 4) is 0 Å². The molecule has 0 saturated heterocycles. The van der Waals surface area contributed by atoms with Gasteiger partial charge in [-0.1, -0.05) is 13.8 Å². The van der Waals surface area contributed by atoms with E-state index in [9.17, 15) is 4.79 Å². The SMILES string of the molecule is CCN(CC)CC(C)NC(=O)c1cnc(NN)cn1. The van der Waals surface area contributed by atoms with Crippen molar-refractivity contribution >= 4 is 11.7 Å². The molecule has 0 bridgehead atoms. The van der Waals surface area contributed by atoms with Crippen LogP contribution in [0.5, 0.6) is 0 Å². The largest absolute Gasteiger partial charge is 0.347 e. The zero-order chi connectivity index (χ0) is 14.3. The van der Waals surface area contributed by atoms with E-state index in [1.54, 1.807) is 0 Å².